The van der Waals surface area contributed by atoms with Gasteiger partial charge < -0.3 is 14.8 Å². The van der Waals surface area contributed by atoms with Crippen LogP contribution in [-0.4, -0.2) is 47.0 Å². The molecule has 3 aromatic carbocycles. The number of benzene rings is 3. The van der Waals surface area contributed by atoms with Gasteiger partial charge in [0.15, 0.2) is 0 Å². The van der Waals surface area contributed by atoms with Gasteiger partial charge in [0.1, 0.15) is 5.69 Å². The van der Waals surface area contributed by atoms with Crippen molar-refractivity contribution in [3.63, 3.8) is 0 Å². The number of hydrogen-bond donors (Lipinski definition) is 1. The van der Waals surface area contributed by atoms with Crippen LogP contribution in [0.3, 0.4) is 0 Å². The van der Waals surface area contributed by atoms with Gasteiger partial charge in [-0.25, -0.2) is 4.98 Å². The lowest BCUT2D eigenvalue weighted by atomic mass is 10.1. The third-order valence-corrected chi connectivity index (χ3v) is 6.74. The average Bonchev–Trinajstić information content (AvgIpc) is 3.27. The number of anilines is 1. The van der Waals surface area contributed by atoms with Gasteiger partial charge in [-0.1, -0.05) is 66.2 Å². The van der Waals surface area contributed by atoms with Gasteiger partial charge in [-0.3, -0.25) is 4.79 Å². The summed E-state index contributed by atoms with van der Waals surface area (Å²) in [5.74, 6) is -0.0323. The molecule has 0 radical (unpaired) electrons. The number of H-pyrrole nitrogens is 1. The van der Waals surface area contributed by atoms with Crippen LogP contribution in [-0.2, 0) is 0 Å². The van der Waals surface area contributed by atoms with Crippen LogP contribution in [0, 0.1) is 0 Å². The monoisotopic (exact) mass is 466 g/mol. The quantitative estimate of drug-likeness (QED) is 0.355. The van der Waals surface area contributed by atoms with E-state index >= 15 is 0 Å². The number of rotatable bonds is 3. The number of hydrogen-bond acceptors (Lipinski definition) is 3. The van der Waals surface area contributed by atoms with Crippen LogP contribution < -0.4 is 4.90 Å². The molecular formula is C28H23ClN4O. The van der Waals surface area contributed by atoms with E-state index in [-0.39, 0.29) is 5.91 Å². The lowest BCUT2D eigenvalue weighted by Crippen LogP contribution is -2.49. The zero-order valence-electron chi connectivity index (χ0n) is 18.5. The molecule has 34 heavy (non-hydrogen) atoms. The Morgan fingerprint density at radius 1 is 0.824 bits per heavy atom. The van der Waals surface area contributed by atoms with E-state index in [4.69, 9.17) is 16.6 Å². The second-order valence-electron chi connectivity index (χ2n) is 8.57. The van der Waals surface area contributed by atoms with E-state index in [9.17, 15) is 4.79 Å². The van der Waals surface area contributed by atoms with Gasteiger partial charge in [-0.05, 0) is 30.3 Å². The Bertz CT molecular complexity index is 1500. The average molecular weight is 467 g/mol. The number of fused-ring (bicyclic) bond motifs is 3. The molecule has 1 N–H and O–H groups in total. The molecule has 0 saturated carbocycles. The molecule has 2 aromatic heterocycles. The van der Waals surface area contributed by atoms with Crippen molar-refractivity contribution in [1.82, 2.24) is 14.9 Å². The molecule has 1 amide bonds. The van der Waals surface area contributed by atoms with Crippen molar-refractivity contribution < 1.29 is 4.79 Å². The SMILES string of the molecule is O=C(c1cc2c([nH]c3ccccc32)c(-c2ccccc2)n1)N1CCN(c2cccc(Cl)c2)CC1. The molecule has 1 fully saturated rings. The molecule has 6 rings (SSSR count). The topological polar surface area (TPSA) is 52.2 Å². The van der Waals surface area contributed by atoms with Crippen molar-refractivity contribution in [2.24, 2.45) is 0 Å². The highest BCUT2D eigenvalue weighted by Crippen LogP contribution is 2.33. The van der Waals surface area contributed by atoms with E-state index in [0.29, 0.717) is 18.8 Å². The minimum Gasteiger partial charge on any atom is -0.368 e. The summed E-state index contributed by atoms with van der Waals surface area (Å²) in [6, 6.07) is 28.0. The van der Waals surface area contributed by atoms with Crippen LogP contribution in [0.15, 0.2) is 84.9 Å². The van der Waals surface area contributed by atoms with Crippen LogP contribution in [0.25, 0.3) is 33.1 Å². The molecule has 0 unspecified atom stereocenters. The highest BCUT2D eigenvalue weighted by atomic mass is 35.5. The zero-order chi connectivity index (χ0) is 23.1. The lowest BCUT2D eigenvalue weighted by molar-refractivity contribution is 0.0741. The molecular weight excluding hydrogens is 444 g/mol. The summed E-state index contributed by atoms with van der Waals surface area (Å²) >= 11 is 6.17. The number of nitrogens with zero attached hydrogens (tertiary/aromatic N) is 3. The Balaban J connectivity index is 1.35. The second kappa shape index (κ2) is 8.50. The van der Waals surface area contributed by atoms with Crippen molar-refractivity contribution in [1.29, 1.82) is 0 Å². The van der Waals surface area contributed by atoms with Gasteiger partial charge >= 0.3 is 0 Å². The summed E-state index contributed by atoms with van der Waals surface area (Å²) in [6.07, 6.45) is 0. The first-order valence-electron chi connectivity index (χ1n) is 11.4. The van der Waals surface area contributed by atoms with Crippen LogP contribution >= 0.6 is 11.6 Å². The molecule has 5 nitrogen and oxygen atoms in total. The van der Waals surface area contributed by atoms with Crippen molar-refractivity contribution in [3.8, 4) is 11.3 Å². The summed E-state index contributed by atoms with van der Waals surface area (Å²) in [6.45, 7) is 2.79. The Morgan fingerprint density at radius 2 is 1.59 bits per heavy atom. The Labute approximate surface area is 202 Å². The van der Waals surface area contributed by atoms with Gasteiger partial charge in [0.25, 0.3) is 5.91 Å². The van der Waals surface area contributed by atoms with Gasteiger partial charge in [0.05, 0.1) is 11.2 Å². The number of pyridine rings is 1. The maximum absolute atomic E-state index is 13.6. The van der Waals surface area contributed by atoms with E-state index in [1.807, 2.05) is 71.6 Å². The summed E-state index contributed by atoms with van der Waals surface area (Å²) in [7, 11) is 0. The highest BCUT2D eigenvalue weighted by Gasteiger charge is 2.25. The molecule has 1 aliphatic rings. The van der Waals surface area contributed by atoms with Crippen molar-refractivity contribution >= 4 is 45.0 Å². The molecule has 168 valence electrons. The third kappa shape index (κ3) is 3.68. The largest absolute Gasteiger partial charge is 0.368 e. The molecule has 0 spiro atoms. The fourth-order valence-corrected chi connectivity index (χ4v) is 4.95. The number of aromatic nitrogens is 2. The molecule has 0 atom stereocenters. The predicted octanol–water partition coefficient (Wildman–Crippen LogP) is 6.00. The first kappa shape index (κ1) is 20.8. The van der Waals surface area contributed by atoms with Crippen LogP contribution in [0.2, 0.25) is 5.02 Å². The number of carbonyl (C=O) groups excluding carboxylic acids is 1. The Morgan fingerprint density at radius 3 is 2.38 bits per heavy atom. The van der Waals surface area contributed by atoms with Gasteiger partial charge in [-0.15, -0.1) is 0 Å². The van der Waals surface area contributed by atoms with Crippen LogP contribution in [0.5, 0.6) is 0 Å². The predicted molar refractivity (Wildman–Crippen MR) is 139 cm³/mol. The number of nitrogens with one attached hydrogen (secondary N) is 1. The lowest BCUT2D eigenvalue weighted by Gasteiger charge is -2.36. The standard InChI is InChI=1S/C28H23ClN4O/c29-20-9-6-10-21(17-20)32-13-15-33(16-14-32)28(34)25-18-23-22-11-4-5-12-24(22)30-27(23)26(31-25)19-7-2-1-3-8-19/h1-12,17-18,30H,13-16H2. The summed E-state index contributed by atoms with van der Waals surface area (Å²) in [5.41, 5.74) is 5.34. The summed E-state index contributed by atoms with van der Waals surface area (Å²) < 4.78 is 0. The van der Waals surface area contributed by atoms with Crippen LogP contribution in [0.1, 0.15) is 10.5 Å². The van der Waals surface area contributed by atoms with E-state index in [1.54, 1.807) is 0 Å². The zero-order valence-corrected chi connectivity index (χ0v) is 19.3. The highest BCUT2D eigenvalue weighted by molar-refractivity contribution is 6.30. The van der Waals surface area contributed by atoms with E-state index in [2.05, 4.69) is 28.1 Å². The van der Waals surface area contributed by atoms with Gasteiger partial charge in [0.2, 0.25) is 0 Å². The van der Waals surface area contributed by atoms with Gasteiger partial charge in [-0.2, -0.15) is 0 Å². The minimum atomic E-state index is -0.0323. The third-order valence-electron chi connectivity index (χ3n) is 6.50. The molecule has 6 heteroatoms. The number of halogens is 1. The van der Waals surface area contributed by atoms with Crippen molar-refractivity contribution in [2.75, 3.05) is 31.1 Å². The smallest absolute Gasteiger partial charge is 0.272 e. The maximum atomic E-state index is 13.6. The Kier molecular flexibility index (Phi) is 5.19. The van der Waals surface area contributed by atoms with Crippen molar-refractivity contribution in [2.45, 2.75) is 0 Å². The number of aromatic amines is 1. The number of piperazine rings is 1. The number of carbonyl (C=O) groups is 1. The molecule has 0 bridgehead atoms. The van der Waals surface area contributed by atoms with Crippen molar-refractivity contribution in [3.05, 3.63) is 95.6 Å². The molecule has 5 aromatic rings. The summed E-state index contributed by atoms with van der Waals surface area (Å²) in [4.78, 5) is 26.2. The van der Waals surface area contributed by atoms with E-state index in [1.165, 1.54) is 0 Å². The van der Waals surface area contributed by atoms with E-state index < -0.39 is 0 Å². The molecule has 1 saturated heterocycles. The maximum Gasteiger partial charge on any atom is 0.272 e. The normalized spacial score (nSPS) is 14.1. The minimum absolute atomic E-state index is 0.0323. The number of amides is 1. The molecule has 0 aliphatic carbocycles. The molecule has 3 heterocycles. The second-order valence-corrected chi connectivity index (χ2v) is 9.01. The summed E-state index contributed by atoms with van der Waals surface area (Å²) in [5, 5.41) is 2.84. The van der Waals surface area contributed by atoms with E-state index in [0.717, 1.165) is 56.9 Å². The fourth-order valence-electron chi connectivity index (χ4n) is 4.76. The van der Waals surface area contributed by atoms with Gasteiger partial charge in [0, 0.05) is 58.7 Å². The number of para-hydroxylation sites is 1. The first-order chi connectivity index (χ1) is 16.7. The fraction of sp³-hybridized carbons (Fsp3) is 0.143. The molecule has 1 aliphatic heterocycles. The Hall–Kier alpha value is -3.83. The first-order valence-corrected chi connectivity index (χ1v) is 11.8. The van der Waals surface area contributed by atoms with Crippen LogP contribution in [0.4, 0.5) is 5.69 Å².